The van der Waals surface area contributed by atoms with Crippen molar-refractivity contribution >= 4 is 34.6 Å². The molecule has 2 aromatic heterocycles. The van der Waals surface area contributed by atoms with E-state index in [1.54, 1.807) is 18.2 Å². The number of Topliss-reactive ketones (excluding diaryl/α,β-unsaturated/α-hetero) is 1. The molecular formula is C18H13N3O7. The quantitative estimate of drug-likeness (QED) is 0.583. The van der Waals surface area contributed by atoms with E-state index in [4.69, 9.17) is 9.52 Å². The first-order chi connectivity index (χ1) is 13.4. The van der Waals surface area contributed by atoms with Crippen LogP contribution in [0.3, 0.4) is 0 Å². The Labute approximate surface area is 156 Å². The van der Waals surface area contributed by atoms with Gasteiger partial charge in [-0.1, -0.05) is 0 Å². The first-order valence-electron chi connectivity index (χ1n) is 8.08. The van der Waals surface area contributed by atoms with Crippen molar-refractivity contribution < 1.29 is 33.8 Å². The van der Waals surface area contributed by atoms with E-state index >= 15 is 0 Å². The number of imidazole rings is 1. The number of hydrogen-bond acceptors (Lipinski definition) is 7. The Morgan fingerprint density at radius 2 is 2.07 bits per heavy atom. The van der Waals surface area contributed by atoms with Gasteiger partial charge in [0.25, 0.3) is 11.9 Å². The lowest BCUT2D eigenvalue weighted by Gasteiger charge is -2.24. The first-order valence-corrected chi connectivity index (χ1v) is 8.08. The molecule has 1 unspecified atom stereocenters. The van der Waals surface area contributed by atoms with Crippen molar-refractivity contribution in [2.75, 3.05) is 4.90 Å². The Morgan fingerprint density at radius 1 is 1.29 bits per heavy atom. The van der Waals surface area contributed by atoms with Gasteiger partial charge in [0, 0.05) is 11.8 Å². The van der Waals surface area contributed by atoms with Crippen LogP contribution in [0.15, 0.2) is 52.4 Å². The maximum atomic E-state index is 12.7. The fourth-order valence-electron chi connectivity index (χ4n) is 3.20. The SMILES string of the molecule is CC(=O)C1=C(O)C(=O)N(c2ccc3nc[nH]c3c2)C1c1ccc(OC(=O)O)o1. The molecule has 3 heterocycles. The number of aliphatic hydroxyl groups is 1. The molecule has 0 saturated heterocycles. The van der Waals surface area contributed by atoms with Crippen molar-refractivity contribution in [1.29, 1.82) is 0 Å². The first kappa shape index (κ1) is 17.3. The molecule has 0 saturated carbocycles. The Bertz CT molecular complexity index is 1160. The summed E-state index contributed by atoms with van der Waals surface area (Å²) in [4.78, 5) is 43.8. The molecule has 0 radical (unpaired) electrons. The van der Waals surface area contributed by atoms with Crippen molar-refractivity contribution in [2.24, 2.45) is 0 Å². The summed E-state index contributed by atoms with van der Waals surface area (Å²) in [5.74, 6) is -2.28. The number of carbonyl (C=O) groups excluding carboxylic acids is 2. The molecule has 28 heavy (non-hydrogen) atoms. The van der Waals surface area contributed by atoms with E-state index in [1.165, 1.54) is 30.3 Å². The summed E-state index contributed by atoms with van der Waals surface area (Å²) in [6, 6.07) is 6.46. The number of carbonyl (C=O) groups is 3. The lowest BCUT2D eigenvalue weighted by atomic mass is 10.0. The highest BCUT2D eigenvalue weighted by Crippen LogP contribution is 2.42. The molecular weight excluding hydrogens is 370 g/mol. The highest BCUT2D eigenvalue weighted by atomic mass is 16.7. The highest BCUT2D eigenvalue weighted by molar-refractivity contribution is 6.16. The molecule has 10 heteroatoms. The molecule has 1 aromatic carbocycles. The van der Waals surface area contributed by atoms with Crippen molar-refractivity contribution in [3.05, 3.63) is 53.8 Å². The highest BCUT2D eigenvalue weighted by Gasteiger charge is 2.45. The third-order valence-corrected chi connectivity index (χ3v) is 4.33. The van der Waals surface area contributed by atoms with Crippen LogP contribution in [-0.4, -0.2) is 38.0 Å². The summed E-state index contributed by atoms with van der Waals surface area (Å²) in [5.41, 5.74) is 1.54. The molecule has 1 atom stereocenters. The van der Waals surface area contributed by atoms with E-state index in [-0.39, 0.29) is 17.3 Å². The Balaban J connectivity index is 1.83. The largest absolute Gasteiger partial charge is 0.513 e. The van der Waals surface area contributed by atoms with Crippen LogP contribution in [0.2, 0.25) is 0 Å². The van der Waals surface area contributed by atoms with Crippen LogP contribution >= 0.6 is 0 Å². The second kappa shape index (κ2) is 6.27. The van der Waals surface area contributed by atoms with Crippen molar-refractivity contribution in [3.63, 3.8) is 0 Å². The molecule has 0 aliphatic carbocycles. The summed E-state index contributed by atoms with van der Waals surface area (Å²) in [7, 11) is 0. The van der Waals surface area contributed by atoms with Crippen LogP contribution in [0.1, 0.15) is 18.7 Å². The molecule has 1 aliphatic heterocycles. The summed E-state index contributed by atoms with van der Waals surface area (Å²) in [5, 5.41) is 19.0. The van der Waals surface area contributed by atoms with Gasteiger partial charge in [-0.2, -0.15) is 0 Å². The van der Waals surface area contributed by atoms with E-state index in [9.17, 15) is 19.5 Å². The lowest BCUT2D eigenvalue weighted by molar-refractivity contribution is -0.117. The molecule has 0 spiro atoms. The molecule has 0 bridgehead atoms. The van der Waals surface area contributed by atoms with Crippen LogP contribution in [-0.2, 0) is 9.59 Å². The third-order valence-electron chi connectivity index (χ3n) is 4.33. The minimum atomic E-state index is -1.57. The number of fused-ring (bicyclic) bond motifs is 1. The zero-order valence-corrected chi connectivity index (χ0v) is 14.4. The number of aliphatic hydroxyl groups excluding tert-OH is 1. The molecule has 3 aromatic rings. The van der Waals surface area contributed by atoms with Crippen molar-refractivity contribution in [3.8, 4) is 5.95 Å². The van der Waals surface area contributed by atoms with E-state index in [0.717, 1.165) is 0 Å². The number of aromatic nitrogens is 2. The monoisotopic (exact) mass is 383 g/mol. The number of furan rings is 1. The summed E-state index contributed by atoms with van der Waals surface area (Å²) >= 11 is 0. The number of benzene rings is 1. The zero-order valence-electron chi connectivity index (χ0n) is 14.4. The van der Waals surface area contributed by atoms with Crippen molar-refractivity contribution in [1.82, 2.24) is 9.97 Å². The number of H-pyrrole nitrogens is 1. The fourth-order valence-corrected chi connectivity index (χ4v) is 3.20. The van der Waals surface area contributed by atoms with E-state index in [2.05, 4.69) is 14.7 Å². The van der Waals surface area contributed by atoms with Crippen LogP contribution < -0.4 is 9.64 Å². The van der Waals surface area contributed by atoms with Gasteiger partial charge in [0.2, 0.25) is 0 Å². The summed E-state index contributed by atoms with van der Waals surface area (Å²) in [6.07, 6.45) is -0.0774. The normalized spacial score (nSPS) is 16.8. The minimum absolute atomic E-state index is 0.0588. The number of anilines is 1. The standard InChI is InChI=1S/C18H13N3O7/c1-8(22)14-15(12-4-5-13(27-12)28-18(25)26)21(17(24)16(14)23)9-2-3-10-11(6-9)20-7-19-10/h2-7,15,23H,1H3,(H,19,20)(H,25,26). The molecule has 3 N–H and O–H groups in total. The minimum Gasteiger partial charge on any atom is -0.503 e. The predicted octanol–water partition coefficient (Wildman–Crippen LogP) is 2.70. The smallest absolute Gasteiger partial charge is 0.503 e. The number of ketones is 1. The van der Waals surface area contributed by atoms with Crippen molar-refractivity contribution in [2.45, 2.75) is 13.0 Å². The summed E-state index contributed by atoms with van der Waals surface area (Å²) < 4.78 is 9.83. The molecule has 4 rings (SSSR count). The number of hydrogen-bond donors (Lipinski definition) is 3. The van der Waals surface area contributed by atoms with Gasteiger partial charge in [-0.25, -0.2) is 9.78 Å². The molecule has 1 aliphatic rings. The van der Waals surface area contributed by atoms with Crippen LogP contribution in [0.25, 0.3) is 11.0 Å². The average molecular weight is 383 g/mol. The van der Waals surface area contributed by atoms with Crippen LogP contribution in [0, 0.1) is 0 Å². The van der Waals surface area contributed by atoms with Gasteiger partial charge in [-0.05, 0) is 31.2 Å². The lowest BCUT2D eigenvalue weighted by Crippen LogP contribution is -2.30. The third kappa shape index (κ3) is 2.67. The van der Waals surface area contributed by atoms with E-state index < -0.39 is 29.6 Å². The van der Waals surface area contributed by atoms with Gasteiger partial charge in [0.05, 0.1) is 22.9 Å². The number of carboxylic acid groups (broad SMARTS) is 1. The number of aromatic amines is 1. The average Bonchev–Trinajstić information content (AvgIpc) is 3.33. The van der Waals surface area contributed by atoms with E-state index in [0.29, 0.717) is 16.7 Å². The number of nitrogens with one attached hydrogen (secondary N) is 1. The molecule has 10 nitrogen and oxygen atoms in total. The van der Waals surface area contributed by atoms with Gasteiger partial charge in [0.1, 0.15) is 11.8 Å². The maximum Gasteiger partial charge on any atom is 0.513 e. The fraction of sp³-hybridized carbons (Fsp3) is 0.111. The van der Waals surface area contributed by atoms with Gasteiger partial charge in [-0.15, -0.1) is 0 Å². The van der Waals surface area contributed by atoms with Gasteiger partial charge in [-0.3, -0.25) is 14.5 Å². The van der Waals surface area contributed by atoms with Gasteiger partial charge >= 0.3 is 6.16 Å². The Kier molecular flexibility index (Phi) is 3.88. The maximum absolute atomic E-state index is 12.7. The Hall–Kier alpha value is -4.08. The van der Waals surface area contributed by atoms with Crippen LogP contribution in [0.4, 0.5) is 10.5 Å². The van der Waals surface area contributed by atoms with Gasteiger partial charge in [0.15, 0.2) is 11.5 Å². The molecule has 0 fully saturated rings. The number of amides is 1. The summed E-state index contributed by atoms with van der Waals surface area (Å²) in [6.45, 7) is 1.21. The second-order valence-corrected chi connectivity index (χ2v) is 6.02. The number of ether oxygens (including phenoxy) is 1. The number of nitrogens with zero attached hydrogens (tertiary/aromatic N) is 2. The topological polar surface area (TPSA) is 146 Å². The molecule has 142 valence electrons. The van der Waals surface area contributed by atoms with Crippen LogP contribution in [0.5, 0.6) is 5.95 Å². The second-order valence-electron chi connectivity index (χ2n) is 6.02. The zero-order chi connectivity index (χ0) is 20.0. The van der Waals surface area contributed by atoms with Gasteiger partial charge < -0.3 is 24.4 Å². The Morgan fingerprint density at radius 3 is 2.79 bits per heavy atom. The van der Waals surface area contributed by atoms with E-state index in [1.807, 2.05) is 0 Å². The molecule has 1 amide bonds. The predicted molar refractivity (Wildman–Crippen MR) is 94.0 cm³/mol. The number of rotatable bonds is 4.